The summed E-state index contributed by atoms with van der Waals surface area (Å²) in [6.07, 6.45) is 5.43. The second-order valence-corrected chi connectivity index (χ2v) is 9.12. The number of amides is 3. The average Bonchev–Trinajstić information content (AvgIpc) is 3.41. The molecule has 0 aromatic heterocycles. The van der Waals surface area contributed by atoms with Gasteiger partial charge in [-0.1, -0.05) is 12.2 Å². The molecular weight excluding hydrogens is 443 g/mol. The van der Waals surface area contributed by atoms with Crippen molar-refractivity contribution in [3.8, 4) is 0 Å². The molecule has 1 N–H and O–H groups in total. The van der Waals surface area contributed by atoms with E-state index in [2.05, 4.69) is 40.1 Å². The fourth-order valence-electron chi connectivity index (χ4n) is 5.26. The zero-order chi connectivity index (χ0) is 18.2. The summed E-state index contributed by atoms with van der Waals surface area (Å²) < 4.78 is 1.07. The van der Waals surface area contributed by atoms with Crippen LogP contribution in [0.2, 0.25) is 0 Å². The van der Waals surface area contributed by atoms with Gasteiger partial charge in [0.05, 0.1) is 11.8 Å². The van der Waals surface area contributed by atoms with Crippen LogP contribution in [-0.2, 0) is 14.4 Å². The van der Waals surface area contributed by atoms with E-state index in [1.54, 1.807) is 6.92 Å². The molecule has 4 aliphatic carbocycles. The highest BCUT2D eigenvalue weighted by molar-refractivity contribution is 14.1. The summed E-state index contributed by atoms with van der Waals surface area (Å²) in [6.45, 7) is 1.64. The molecule has 134 valence electrons. The van der Waals surface area contributed by atoms with Crippen LogP contribution in [0.5, 0.6) is 0 Å². The summed E-state index contributed by atoms with van der Waals surface area (Å²) in [7, 11) is 0. The van der Waals surface area contributed by atoms with Gasteiger partial charge in [0.15, 0.2) is 0 Å². The Balaban J connectivity index is 1.37. The van der Waals surface area contributed by atoms with Crippen LogP contribution in [-0.4, -0.2) is 28.7 Å². The molecule has 6 heteroatoms. The van der Waals surface area contributed by atoms with Crippen molar-refractivity contribution in [1.82, 2.24) is 4.90 Å². The Hall–Kier alpha value is -1.70. The van der Waals surface area contributed by atoms with Gasteiger partial charge in [-0.05, 0) is 83.9 Å². The lowest BCUT2D eigenvalue weighted by Crippen LogP contribution is -2.46. The van der Waals surface area contributed by atoms with Crippen LogP contribution in [0.25, 0.3) is 0 Å². The molecule has 0 radical (unpaired) electrons. The van der Waals surface area contributed by atoms with Crippen LogP contribution in [0.15, 0.2) is 36.4 Å². The Morgan fingerprint density at radius 2 is 1.62 bits per heavy atom. The van der Waals surface area contributed by atoms with Gasteiger partial charge in [0.2, 0.25) is 17.7 Å². The van der Waals surface area contributed by atoms with Gasteiger partial charge in [-0.2, -0.15) is 0 Å². The number of rotatable bonds is 3. The maximum atomic E-state index is 13.0. The SMILES string of the molecule is C[C@H](C(=O)Nc1ccc(I)cc1)N1C(=O)[C@H]2[C@@H]3C=C[C@H]([C@H]4C[C@H]34)[C@@H]2C1=O. The van der Waals surface area contributed by atoms with Crippen LogP contribution < -0.4 is 5.32 Å². The first-order valence-corrected chi connectivity index (χ1v) is 10.2. The monoisotopic (exact) mass is 462 g/mol. The number of likely N-dealkylation sites (tertiary alicyclic amines) is 1. The topological polar surface area (TPSA) is 66.5 Å². The largest absolute Gasteiger partial charge is 0.324 e. The van der Waals surface area contributed by atoms with E-state index in [9.17, 15) is 14.4 Å². The minimum Gasteiger partial charge on any atom is -0.324 e. The van der Waals surface area contributed by atoms with E-state index in [4.69, 9.17) is 0 Å². The first-order chi connectivity index (χ1) is 12.5. The average molecular weight is 462 g/mol. The van der Waals surface area contributed by atoms with Gasteiger partial charge in [0.1, 0.15) is 6.04 Å². The highest BCUT2D eigenvalue weighted by Crippen LogP contribution is 2.65. The third-order valence-electron chi connectivity index (χ3n) is 6.58. The predicted octanol–water partition coefficient (Wildman–Crippen LogP) is 2.67. The molecule has 5 nitrogen and oxygen atoms in total. The number of nitrogens with one attached hydrogen (secondary N) is 1. The van der Waals surface area contributed by atoms with E-state index in [0.717, 1.165) is 9.99 Å². The Labute approximate surface area is 165 Å². The zero-order valence-corrected chi connectivity index (χ0v) is 16.4. The van der Waals surface area contributed by atoms with Crippen molar-refractivity contribution in [2.24, 2.45) is 35.5 Å². The molecule has 2 saturated carbocycles. The number of hydrogen-bond acceptors (Lipinski definition) is 3. The number of benzene rings is 1. The number of anilines is 1. The number of allylic oxidation sites excluding steroid dienone is 2. The van der Waals surface area contributed by atoms with Gasteiger partial charge in [0.25, 0.3) is 0 Å². The van der Waals surface area contributed by atoms with Crippen molar-refractivity contribution in [3.05, 3.63) is 40.0 Å². The zero-order valence-electron chi connectivity index (χ0n) is 14.3. The van der Waals surface area contributed by atoms with E-state index < -0.39 is 6.04 Å². The molecule has 7 atom stereocenters. The molecule has 1 aliphatic heterocycles. The van der Waals surface area contributed by atoms with Crippen LogP contribution in [0.1, 0.15) is 13.3 Å². The van der Waals surface area contributed by atoms with Crippen molar-refractivity contribution in [3.63, 3.8) is 0 Å². The quantitative estimate of drug-likeness (QED) is 0.427. The fourth-order valence-corrected chi connectivity index (χ4v) is 5.62. The van der Waals surface area contributed by atoms with Crippen molar-refractivity contribution in [2.45, 2.75) is 19.4 Å². The Morgan fingerprint density at radius 1 is 1.08 bits per heavy atom. The minimum atomic E-state index is -0.796. The van der Waals surface area contributed by atoms with E-state index in [0.29, 0.717) is 17.5 Å². The molecule has 1 aromatic rings. The van der Waals surface area contributed by atoms with E-state index in [1.165, 1.54) is 4.90 Å². The van der Waals surface area contributed by atoms with Crippen molar-refractivity contribution < 1.29 is 14.4 Å². The second kappa shape index (κ2) is 5.65. The van der Waals surface area contributed by atoms with Gasteiger partial charge < -0.3 is 5.32 Å². The van der Waals surface area contributed by atoms with Crippen LogP contribution in [0.3, 0.4) is 0 Å². The highest BCUT2D eigenvalue weighted by atomic mass is 127. The van der Waals surface area contributed by atoms with Crippen molar-refractivity contribution in [1.29, 1.82) is 0 Å². The maximum Gasteiger partial charge on any atom is 0.247 e. The molecule has 1 aromatic carbocycles. The first-order valence-electron chi connectivity index (χ1n) is 9.09. The summed E-state index contributed by atoms with van der Waals surface area (Å²) in [6, 6.07) is 6.64. The lowest BCUT2D eigenvalue weighted by Gasteiger charge is -2.37. The number of halogens is 1. The number of imide groups is 1. The summed E-state index contributed by atoms with van der Waals surface area (Å²) in [5, 5.41) is 2.82. The third-order valence-corrected chi connectivity index (χ3v) is 7.29. The van der Waals surface area contributed by atoms with Gasteiger partial charge >= 0.3 is 0 Å². The lowest BCUT2D eigenvalue weighted by molar-refractivity contribution is -0.146. The third kappa shape index (κ3) is 2.23. The Bertz CT molecular complexity index is 813. The molecule has 3 fully saturated rings. The van der Waals surface area contributed by atoms with Gasteiger partial charge in [-0.3, -0.25) is 19.3 Å². The smallest absolute Gasteiger partial charge is 0.247 e. The van der Waals surface area contributed by atoms with Gasteiger partial charge in [0, 0.05) is 9.26 Å². The predicted molar refractivity (Wildman–Crippen MR) is 104 cm³/mol. The fraction of sp³-hybridized carbons (Fsp3) is 0.450. The highest BCUT2D eigenvalue weighted by Gasteiger charge is 2.67. The number of nitrogens with zero attached hydrogens (tertiary/aromatic N) is 1. The number of carbonyl (C=O) groups is 3. The summed E-state index contributed by atoms with van der Waals surface area (Å²) in [5.41, 5.74) is 0.668. The van der Waals surface area contributed by atoms with E-state index >= 15 is 0 Å². The molecule has 5 aliphatic rings. The number of carbonyl (C=O) groups excluding carboxylic acids is 3. The first kappa shape index (κ1) is 16.5. The molecule has 6 rings (SSSR count). The molecule has 1 saturated heterocycles. The lowest BCUT2D eigenvalue weighted by atomic mass is 9.63. The van der Waals surface area contributed by atoms with Crippen molar-refractivity contribution >= 4 is 46.0 Å². The maximum absolute atomic E-state index is 13.0. The Morgan fingerprint density at radius 3 is 2.15 bits per heavy atom. The van der Waals surface area contributed by atoms with Crippen LogP contribution in [0.4, 0.5) is 5.69 Å². The van der Waals surface area contributed by atoms with Crippen molar-refractivity contribution in [2.75, 3.05) is 5.32 Å². The van der Waals surface area contributed by atoms with E-state index in [-0.39, 0.29) is 41.4 Å². The van der Waals surface area contributed by atoms with E-state index in [1.807, 2.05) is 24.3 Å². The van der Waals surface area contributed by atoms with Crippen LogP contribution >= 0.6 is 22.6 Å². The van der Waals surface area contributed by atoms with Gasteiger partial charge in [-0.25, -0.2) is 0 Å². The molecular formula is C20H19IN2O3. The summed E-state index contributed by atoms with van der Waals surface area (Å²) in [4.78, 5) is 40.0. The molecule has 3 amide bonds. The normalized spacial score (nSPS) is 37.4. The van der Waals surface area contributed by atoms with Crippen LogP contribution in [0, 0.1) is 39.1 Å². The summed E-state index contributed by atoms with van der Waals surface area (Å²) in [5.74, 6) is 0.357. The minimum absolute atomic E-state index is 0.157. The second-order valence-electron chi connectivity index (χ2n) is 7.87. The summed E-state index contributed by atoms with van der Waals surface area (Å²) >= 11 is 2.20. The molecule has 1 heterocycles. The standard InChI is InChI=1S/C20H19IN2O3/c1-9(18(24)22-11-4-2-10(21)3-5-11)23-19(25)16-12-6-7-13(15-8-14(12)15)17(16)20(23)26/h2-7,9,12-17H,8H2,1H3,(H,22,24)/t9-,12-,13-,14-,15-,16+,17+/m1/s1. The molecule has 2 bridgehead atoms. The molecule has 0 unspecified atom stereocenters. The number of hydrogen-bond donors (Lipinski definition) is 1. The Kier molecular flexibility index (Phi) is 3.58. The molecule has 0 spiro atoms. The molecule has 26 heavy (non-hydrogen) atoms. The van der Waals surface area contributed by atoms with Gasteiger partial charge in [-0.15, -0.1) is 0 Å².